The van der Waals surface area contributed by atoms with Gasteiger partial charge in [0.05, 0.1) is 16.7 Å². The van der Waals surface area contributed by atoms with E-state index in [1.807, 2.05) is 72.8 Å². The molecule has 0 aliphatic heterocycles. The highest BCUT2D eigenvalue weighted by Gasteiger charge is 2.22. The molecule has 12 aromatic rings. The Bertz CT molecular complexity index is 3520. The third-order valence-electron chi connectivity index (χ3n) is 11.6. The van der Waals surface area contributed by atoms with Crippen molar-refractivity contribution in [3.8, 4) is 62.1 Å². The fourth-order valence-corrected chi connectivity index (χ4v) is 8.78. The SMILES string of the molecule is c1ccc(-c2ccc(-c3cc4c(cc3-n3c5ccccc5c5cc6ccccc6cc53)oc3cccc(-c5nc(-c6ccccc6)nc(-c6ccccc6)n5)c34)cc2)cc1. The Hall–Kier alpha value is -8.15. The standard InChI is InChI=1S/C55H34N4O/c1-4-15-35(16-5-1)36-27-29-37(30-28-36)44-33-46-51(34-49(44)59-47-25-13-12-23-42(47)45-31-40-21-10-11-22-41(40)32-48(45)59)60-50-26-14-24-43(52(46)50)55-57-53(38-17-6-2-7-18-38)56-54(58-55)39-19-8-3-9-20-39/h1-34H. The molecule has 9 aromatic carbocycles. The van der Waals surface area contributed by atoms with Crippen LogP contribution in [-0.2, 0) is 0 Å². The first-order valence-corrected chi connectivity index (χ1v) is 20.2. The van der Waals surface area contributed by atoms with Crippen LogP contribution in [0.15, 0.2) is 211 Å². The lowest BCUT2D eigenvalue weighted by atomic mass is 9.96. The monoisotopic (exact) mass is 766 g/mol. The van der Waals surface area contributed by atoms with Crippen LogP contribution in [-0.4, -0.2) is 19.5 Å². The number of fused-ring (bicyclic) bond motifs is 7. The Kier molecular flexibility index (Phi) is 7.78. The number of furan rings is 1. The topological polar surface area (TPSA) is 56.7 Å². The number of benzene rings is 9. The van der Waals surface area contributed by atoms with E-state index in [1.165, 1.54) is 32.7 Å². The van der Waals surface area contributed by atoms with Crippen molar-refractivity contribution in [1.82, 2.24) is 19.5 Å². The summed E-state index contributed by atoms with van der Waals surface area (Å²) in [6.45, 7) is 0. The van der Waals surface area contributed by atoms with Crippen LogP contribution in [0.1, 0.15) is 0 Å². The minimum Gasteiger partial charge on any atom is -0.456 e. The highest BCUT2D eigenvalue weighted by atomic mass is 16.3. The van der Waals surface area contributed by atoms with Crippen molar-refractivity contribution in [2.24, 2.45) is 0 Å². The molecule has 0 N–H and O–H groups in total. The lowest BCUT2D eigenvalue weighted by molar-refractivity contribution is 0.668. The van der Waals surface area contributed by atoms with E-state index in [1.54, 1.807) is 0 Å². The van der Waals surface area contributed by atoms with Crippen LogP contribution in [0.4, 0.5) is 0 Å². The summed E-state index contributed by atoms with van der Waals surface area (Å²) in [4.78, 5) is 15.2. The molecular formula is C55H34N4O. The van der Waals surface area contributed by atoms with Crippen molar-refractivity contribution in [2.75, 3.05) is 0 Å². The first-order chi connectivity index (χ1) is 29.7. The van der Waals surface area contributed by atoms with E-state index < -0.39 is 0 Å². The number of nitrogens with zero attached hydrogens (tertiary/aromatic N) is 4. The summed E-state index contributed by atoms with van der Waals surface area (Å²) in [5.74, 6) is 1.82. The summed E-state index contributed by atoms with van der Waals surface area (Å²) in [6, 6.07) is 72.3. The van der Waals surface area contributed by atoms with Crippen molar-refractivity contribution in [1.29, 1.82) is 0 Å². The Labute approximate surface area is 345 Å². The summed E-state index contributed by atoms with van der Waals surface area (Å²) in [5.41, 5.74) is 12.1. The van der Waals surface area contributed by atoms with Gasteiger partial charge in [-0.3, -0.25) is 0 Å². The van der Waals surface area contributed by atoms with Gasteiger partial charge in [0, 0.05) is 49.9 Å². The number of para-hydroxylation sites is 1. The molecule has 12 rings (SSSR count). The second-order valence-electron chi connectivity index (χ2n) is 15.2. The van der Waals surface area contributed by atoms with Crippen LogP contribution in [0.2, 0.25) is 0 Å². The number of aromatic nitrogens is 4. The van der Waals surface area contributed by atoms with E-state index in [2.05, 4.69) is 138 Å². The lowest BCUT2D eigenvalue weighted by Crippen LogP contribution is -2.00. The molecule has 0 unspecified atom stereocenters. The van der Waals surface area contributed by atoms with Gasteiger partial charge in [0.15, 0.2) is 17.5 Å². The van der Waals surface area contributed by atoms with Gasteiger partial charge >= 0.3 is 0 Å². The number of hydrogen-bond donors (Lipinski definition) is 0. The molecule has 0 bridgehead atoms. The molecule has 0 saturated carbocycles. The molecule has 0 spiro atoms. The van der Waals surface area contributed by atoms with Gasteiger partial charge in [-0.2, -0.15) is 0 Å². The second-order valence-corrected chi connectivity index (χ2v) is 15.2. The fourth-order valence-electron chi connectivity index (χ4n) is 8.78. The maximum absolute atomic E-state index is 6.86. The van der Waals surface area contributed by atoms with Gasteiger partial charge in [-0.15, -0.1) is 0 Å². The largest absolute Gasteiger partial charge is 0.456 e. The Morgan fingerprint density at radius 1 is 0.333 bits per heavy atom. The van der Waals surface area contributed by atoms with Gasteiger partial charge in [0.25, 0.3) is 0 Å². The average molecular weight is 767 g/mol. The molecule has 0 fully saturated rings. The molecule has 0 amide bonds. The zero-order valence-corrected chi connectivity index (χ0v) is 32.3. The van der Waals surface area contributed by atoms with Crippen molar-refractivity contribution in [3.05, 3.63) is 206 Å². The predicted molar refractivity (Wildman–Crippen MR) is 246 cm³/mol. The second kappa shape index (κ2) is 13.8. The minimum atomic E-state index is 0.586. The maximum Gasteiger partial charge on any atom is 0.164 e. The van der Waals surface area contributed by atoms with Gasteiger partial charge in [0.2, 0.25) is 0 Å². The van der Waals surface area contributed by atoms with Crippen molar-refractivity contribution in [2.45, 2.75) is 0 Å². The predicted octanol–water partition coefficient (Wildman–Crippen LogP) is 14.4. The fraction of sp³-hybridized carbons (Fsp3) is 0. The van der Waals surface area contributed by atoms with E-state index in [0.717, 1.165) is 66.5 Å². The Balaban J connectivity index is 1.14. The van der Waals surface area contributed by atoms with Gasteiger partial charge in [-0.1, -0.05) is 170 Å². The van der Waals surface area contributed by atoms with Crippen LogP contribution in [0, 0.1) is 0 Å². The van der Waals surface area contributed by atoms with Crippen LogP contribution >= 0.6 is 0 Å². The first-order valence-electron chi connectivity index (χ1n) is 20.2. The van der Waals surface area contributed by atoms with Gasteiger partial charge < -0.3 is 8.98 Å². The van der Waals surface area contributed by atoms with E-state index >= 15 is 0 Å². The molecule has 0 atom stereocenters. The summed E-state index contributed by atoms with van der Waals surface area (Å²) in [5, 5.41) is 6.77. The molecule has 0 aliphatic rings. The molecule has 0 saturated heterocycles. The third-order valence-corrected chi connectivity index (χ3v) is 11.6. The van der Waals surface area contributed by atoms with E-state index in [9.17, 15) is 0 Å². The Morgan fingerprint density at radius 3 is 1.60 bits per heavy atom. The highest BCUT2D eigenvalue weighted by molar-refractivity contribution is 6.16. The molecule has 0 aliphatic carbocycles. The summed E-state index contributed by atoms with van der Waals surface area (Å²) in [7, 11) is 0. The number of hydrogen-bond acceptors (Lipinski definition) is 4. The molecule has 3 aromatic heterocycles. The zero-order chi connectivity index (χ0) is 39.6. The highest BCUT2D eigenvalue weighted by Crippen LogP contribution is 2.44. The van der Waals surface area contributed by atoms with E-state index in [4.69, 9.17) is 19.4 Å². The summed E-state index contributed by atoms with van der Waals surface area (Å²) >= 11 is 0. The normalized spacial score (nSPS) is 11.7. The average Bonchev–Trinajstić information content (AvgIpc) is 3.85. The molecule has 60 heavy (non-hydrogen) atoms. The van der Waals surface area contributed by atoms with Crippen LogP contribution < -0.4 is 0 Å². The smallest absolute Gasteiger partial charge is 0.164 e. The lowest BCUT2D eigenvalue weighted by Gasteiger charge is -2.15. The van der Waals surface area contributed by atoms with Crippen molar-refractivity contribution >= 4 is 54.5 Å². The molecule has 0 radical (unpaired) electrons. The molecule has 3 heterocycles. The maximum atomic E-state index is 6.86. The van der Waals surface area contributed by atoms with Gasteiger partial charge in [-0.05, 0) is 57.8 Å². The molecular weight excluding hydrogens is 733 g/mol. The quantitative estimate of drug-likeness (QED) is 0.169. The summed E-state index contributed by atoms with van der Waals surface area (Å²) < 4.78 is 9.27. The molecule has 5 heteroatoms. The number of rotatable bonds is 6. The third kappa shape index (κ3) is 5.59. The molecule has 5 nitrogen and oxygen atoms in total. The van der Waals surface area contributed by atoms with E-state index in [0.29, 0.717) is 17.5 Å². The zero-order valence-electron chi connectivity index (χ0n) is 32.3. The van der Waals surface area contributed by atoms with E-state index in [-0.39, 0.29) is 0 Å². The molecule has 280 valence electrons. The van der Waals surface area contributed by atoms with Crippen molar-refractivity contribution in [3.63, 3.8) is 0 Å². The Morgan fingerprint density at radius 2 is 0.900 bits per heavy atom. The van der Waals surface area contributed by atoms with Gasteiger partial charge in [-0.25, -0.2) is 15.0 Å². The van der Waals surface area contributed by atoms with Crippen LogP contribution in [0.3, 0.4) is 0 Å². The van der Waals surface area contributed by atoms with Crippen LogP contribution in [0.5, 0.6) is 0 Å². The van der Waals surface area contributed by atoms with Crippen molar-refractivity contribution < 1.29 is 4.42 Å². The summed E-state index contributed by atoms with van der Waals surface area (Å²) in [6.07, 6.45) is 0. The first kappa shape index (κ1) is 33.9. The van der Waals surface area contributed by atoms with Gasteiger partial charge in [0.1, 0.15) is 11.2 Å². The minimum absolute atomic E-state index is 0.586. The van der Waals surface area contributed by atoms with Crippen LogP contribution in [0.25, 0.3) is 117 Å².